The van der Waals surface area contributed by atoms with Gasteiger partial charge in [-0.2, -0.15) is 0 Å². The highest BCUT2D eigenvalue weighted by Crippen LogP contribution is 2.43. The minimum absolute atomic E-state index is 0.0975. The van der Waals surface area contributed by atoms with Crippen LogP contribution in [0.25, 0.3) is 33.0 Å². The van der Waals surface area contributed by atoms with E-state index in [1.807, 2.05) is 60.7 Å². The summed E-state index contributed by atoms with van der Waals surface area (Å²) in [5.74, 6) is 11.9. The van der Waals surface area contributed by atoms with Crippen molar-refractivity contribution in [3.63, 3.8) is 0 Å². The highest BCUT2D eigenvalue weighted by Gasteiger charge is 2.37. The van der Waals surface area contributed by atoms with E-state index in [0.29, 0.717) is 48.0 Å². The molecule has 0 aliphatic heterocycles. The molecule has 0 bridgehead atoms. The number of hydrogen-bond donors (Lipinski definition) is 0. The van der Waals surface area contributed by atoms with E-state index >= 15 is 8.78 Å². The van der Waals surface area contributed by atoms with E-state index in [9.17, 15) is 0 Å². The lowest BCUT2D eigenvalue weighted by atomic mass is 9.83. The molecule has 252 valence electrons. The van der Waals surface area contributed by atoms with Crippen molar-refractivity contribution in [2.24, 2.45) is 0 Å². The molecule has 6 heteroatoms. The molecule has 0 atom stereocenters. The molecule has 0 saturated heterocycles. The third-order valence-electron chi connectivity index (χ3n) is 9.89. The molecule has 0 aliphatic carbocycles. The number of fused-ring (bicyclic) bond motifs is 1. The summed E-state index contributed by atoms with van der Waals surface area (Å²) in [6.07, 6.45) is 1.06. The van der Waals surface area contributed by atoms with Crippen LogP contribution in [0, 0.1) is 35.3 Å². The Bertz CT molecular complexity index is 1720. The van der Waals surface area contributed by atoms with Crippen LogP contribution in [0.5, 0.6) is 0 Å². The molecule has 0 amide bonds. The van der Waals surface area contributed by atoms with Crippen LogP contribution in [0.3, 0.4) is 0 Å². The smallest absolute Gasteiger partial charge is 0.192 e. The van der Waals surface area contributed by atoms with Crippen molar-refractivity contribution >= 4 is 27.4 Å². The van der Waals surface area contributed by atoms with Gasteiger partial charge in [0.25, 0.3) is 0 Å². The second-order valence-corrected chi connectivity index (χ2v) is 25.0. The topological polar surface area (TPSA) is 18.5 Å². The Balaban J connectivity index is 1.95. The van der Waals surface area contributed by atoms with Crippen LogP contribution < -0.4 is 0 Å². The van der Waals surface area contributed by atoms with Crippen LogP contribution in [-0.4, -0.2) is 29.8 Å². The quantitative estimate of drug-likeness (QED) is 0.105. The molecule has 2 nitrogen and oxygen atoms in total. The molecule has 0 spiro atoms. The lowest BCUT2D eigenvalue weighted by Crippen LogP contribution is -2.40. The highest BCUT2D eigenvalue weighted by molar-refractivity contribution is 6.74. The molecular weight excluding hydrogens is 631 g/mol. The zero-order chi connectivity index (χ0) is 35.3. The van der Waals surface area contributed by atoms with Gasteiger partial charge in [0.1, 0.15) is 0 Å². The second kappa shape index (κ2) is 14.9. The van der Waals surface area contributed by atoms with Gasteiger partial charge in [0.2, 0.25) is 0 Å². The fourth-order valence-electron chi connectivity index (χ4n) is 4.99. The normalized spacial score (nSPS) is 12.3. The predicted molar refractivity (Wildman–Crippen MR) is 204 cm³/mol. The zero-order valence-electron chi connectivity index (χ0n) is 30.3. The van der Waals surface area contributed by atoms with Gasteiger partial charge in [0, 0.05) is 48.3 Å². The number of benzene rings is 4. The molecule has 0 N–H and O–H groups in total. The Morgan fingerprint density at radius 1 is 0.562 bits per heavy atom. The average Bonchev–Trinajstić information content (AvgIpc) is 3.01. The first-order valence-corrected chi connectivity index (χ1v) is 22.6. The molecule has 0 saturated carbocycles. The monoisotopic (exact) mass is 680 g/mol. The fraction of sp³-hybridized carbons (Fsp3) is 0.381. The van der Waals surface area contributed by atoms with Gasteiger partial charge in [0.15, 0.2) is 28.3 Å². The molecule has 0 aliphatic rings. The minimum atomic E-state index is -1.94. The van der Waals surface area contributed by atoms with Crippen molar-refractivity contribution in [1.29, 1.82) is 0 Å². The molecule has 0 heterocycles. The first-order chi connectivity index (χ1) is 22.4. The van der Waals surface area contributed by atoms with Crippen LogP contribution in [0.15, 0.2) is 72.8 Å². The van der Waals surface area contributed by atoms with Gasteiger partial charge < -0.3 is 8.85 Å². The van der Waals surface area contributed by atoms with E-state index in [0.717, 1.165) is 22.3 Å². The summed E-state index contributed by atoms with van der Waals surface area (Å²) < 4.78 is 43.0. The summed E-state index contributed by atoms with van der Waals surface area (Å²) >= 11 is 0. The third-order valence-corrected chi connectivity index (χ3v) is 19.0. The molecule has 4 rings (SSSR count). The lowest BCUT2D eigenvalue weighted by molar-refractivity contribution is 0.296. The van der Waals surface area contributed by atoms with Crippen LogP contribution >= 0.6 is 0 Å². The summed E-state index contributed by atoms with van der Waals surface area (Å²) in [5, 5.41) is 1.38. The van der Waals surface area contributed by atoms with Crippen molar-refractivity contribution in [3.05, 3.63) is 95.6 Å². The third kappa shape index (κ3) is 8.54. The maximum Gasteiger partial charge on any atom is 0.192 e. The van der Waals surface area contributed by atoms with Gasteiger partial charge >= 0.3 is 0 Å². The van der Waals surface area contributed by atoms with Gasteiger partial charge in [-0.25, -0.2) is 8.78 Å². The molecule has 4 aromatic carbocycles. The van der Waals surface area contributed by atoms with Crippen molar-refractivity contribution in [2.75, 3.05) is 13.2 Å². The fourth-order valence-corrected chi connectivity index (χ4v) is 7.08. The average molecular weight is 681 g/mol. The Labute approximate surface area is 289 Å². The number of rotatable bonds is 8. The Hall–Kier alpha value is -3.53. The van der Waals surface area contributed by atoms with Gasteiger partial charge in [-0.3, -0.25) is 0 Å². The zero-order valence-corrected chi connectivity index (χ0v) is 32.3. The molecular formula is C42H50F2O2Si2. The van der Waals surface area contributed by atoms with Crippen LogP contribution in [-0.2, 0) is 8.85 Å². The predicted octanol–water partition coefficient (Wildman–Crippen LogP) is 12.0. The Morgan fingerprint density at radius 3 is 1.21 bits per heavy atom. The molecule has 0 aromatic heterocycles. The molecule has 0 fully saturated rings. The highest BCUT2D eigenvalue weighted by atomic mass is 28.4. The lowest BCUT2D eigenvalue weighted by Gasteiger charge is -2.35. The Kier molecular flexibility index (Phi) is 11.6. The summed E-state index contributed by atoms with van der Waals surface area (Å²) in [4.78, 5) is 0. The molecule has 4 aromatic rings. The maximum absolute atomic E-state index is 15.1. The van der Waals surface area contributed by atoms with Crippen LogP contribution in [0.4, 0.5) is 8.78 Å². The van der Waals surface area contributed by atoms with Crippen molar-refractivity contribution in [3.8, 4) is 45.9 Å². The number of halogens is 2. The summed E-state index contributed by atoms with van der Waals surface area (Å²) in [6, 6.07) is 22.2. The van der Waals surface area contributed by atoms with E-state index in [-0.39, 0.29) is 10.1 Å². The van der Waals surface area contributed by atoms with Crippen molar-refractivity contribution in [1.82, 2.24) is 0 Å². The maximum atomic E-state index is 15.1. The van der Waals surface area contributed by atoms with E-state index in [1.165, 1.54) is 12.1 Å². The van der Waals surface area contributed by atoms with Crippen LogP contribution in [0.1, 0.15) is 65.5 Å². The van der Waals surface area contributed by atoms with Gasteiger partial charge in [-0.1, -0.05) is 126 Å². The Morgan fingerprint density at radius 2 is 0.896 bits per heavy atom. The largest absolute Gasteiger partial charge is 0.416 e. The summed E-state index contributed by atoms with van der Waals surface area (Å²) in [6.45, 7) is 23.3. The van der Waals surface area contributed by atoms with E-state index in [4.69, 9.17) is 8.85 Å². The standard InChI is InChI=1S/C42H50F2O2Si2/c1-41(2,3)47(7,8)45-27-19-17-25-33-34(26-18-20-28-46-48(9,10)42(4,5)6)40(32-23-15-12-16-24-32)36-30-38(44)37(43)29-35(36)39(33)31-21-13-11-14-22-31/h11-16,21-24,29-30H,19-20,27-28H2,1-10H3. The minimum Gasteiger partial charge on any atom is -0.416 e. The summed E-state index contributed by atoms with van der Waals surface area (Å²) in [7, 11) is -3.87. The second-order valence-electron chi connectivity index (χ2n) is 15.4. The molecule has 0 radical (unpaired) electrons. The van der Waals surface area contributed by atoms with Crippen molar-refractivity contribution in [2.45, 2.75) is 90.6 Å². The van der Waals surface area contributed by atoms with E-state index in [1.54, 1.807) is 0 Å². The van der Waals surface area contributed by atoms with E-state index < -0.39 is 28.3 Å². The molecule has 0 unspecified atom stereocenters. The van der Waals surface area contributed by atoms with Gasteiger partial charge in [-0.05, 0) is 70.3 Å². The SMILES string of the molecule is CC(C)(C)[Si](C)(C)OCCC#Cc1c(C#CCCO[Si](C)(C)C(C)(C)C)c(-c2ccccc2)c2cc(F)c(F)cc2c1-c1ccccc1. The summed E-state index contributed by atoms with van der Waals surface area (Å²) in [5.41, 5.74) is 4.60. The number of hydrogen-bond acceptors (Lipinski definition) is 2. The van der Waals surface area contributed by atoms with Gasteiger partial charge in [-0.15, -0.1) is 0 Å². The van der Waals surface area contributed by atoms with Gasteiger partial charge in [0.05, 0.1) is 0 Å². The van der Waals surface area contributed by atoms with Crippen LogP contribution in [0.2, 0.25) is 36.3 Å². The van der Waals surface area contributed by atoms with Crippen molar-refractivity contribution < 1.29 is 17.6 Å². The van der Waals surface area contributed by atoms with E-state index in [2.05, 4.69) is 91.4 Å². The first-order valence-electron chi connectivity index (χ1n) is 16.8. The molecule has 48 heavy (non-hydrogen) atoms. The first kappa shape index (κ1) is 37.3.